The Kier molecular flexibility index (Phi) is 3.77. The summed E-state index contributed by atoms with van der Waals surface area (Å²) in [5.74, 6) is -0.626. The van der Waals surface area contributed by atoms with Crippen molar-refractivity contribution in [1.29, 1.82) is 0 Å². The monoisotopic (exact) mass is 300 g/mol. The average molecular weight is 300 g/mol. The summed E-state index contributed by atoms with van der Waals surface area (Å²) in [6, 6.07) is 0.228. The van der Waals surface area contributed by atoms with Gasteiger partial charge in [0.05, 0.1) is 5.92 Å². The van der Waals surface area contributed by atoms with Crippen LogP contribution in [-0.4, -0.2) is 35.3 Å². The minimum Gasteiger partial charge on any atom is -0.341 e. The first-order valence-corrected chi connectivity index (χ1v) is 7.35. The maximum absolute atomic E-state index is 12.8. The van der Waals surface area contributed by atoms with Crippen molar-refractivity contribution < 1.29 is 13.2 Å². The highest BCUT2D eigenvalue weighted by atomic mass is 19.4. The van der Waals surface area contributed by atoms with Gasteiger partial charge < -0.3 is 10.6 Å². The number of aryl methyl sites for hydroxylation is 1. The zero-order valence-electron chi connectivity index (χ0n) is 11.7. The van der Waals surface area contributed by atoms with Crippen LogP contribution in [0.1, 0.15) is 30.5 Å². The van der Waals surface area contributed by atoms with Crippen molar-refractivity contribution in [3.63, 3.8) is 0 Å². The van der Waals surface area contributed by atoms with E-state index in [0.29, 0.717) is 17.9 Å². The molecule has 0 radical (unpaired) electrons. The molecule has 1 fully saturated rings. The van der Waals surface area contributed by atoms with Crippen LogP contribution in [-0.2, 0) is 12.8 Å². The van der Waals surface area contributed by atoms with E-state index in [1.807, 2.05) is 0 Å². The highest BCUT2D eigenvalue weighted by molar-refractivity contribution is 5.35. The normalized spacial score (nSPS) is 24.0. The number of nitrogens with two attached hydrogens (primary N) is 1. The Balaban J connectivity index is 1.74. The fraction of sp³-hybridized carbons (Fsp3) is 0.714. The van der Waals surface area contributed by atoms with E-state index in [1.165, 1.54) is 0 Å². The van der Waals surface area contributed by atoms with Crippen LogP contribution in [0.3, 0.4) is 0 Å². The number of hydrogen-bond acceptors (Lipinski definition) is 4. The van der Waals surface area contributed by atoms with Gasteiger partial charge in [-0.2, -0.15) is 13.2 Å². The fourth-order valence-corrected chi connectivity index (χ4v) is 3.03. The third-order valence-electron chi connectivity index (χ3n) is 4.42. The molecule has 0 amide bonds. The molecule has 2 N–H and O–H groups in total. The maximum Gasteiger partial charge on any atom is 0.392 e. The predicted octanol–water partition coefficient (Wildman–Crippen LogP) is 2.07. The Morgan fingerprint density at radius 3 is 2.57 bits per heavy atom. The molecule has 1 saturated heterocycles. The highest BCUT2D eigenvalue weighted by Crippen LogP contribution is 2.36. The first-order valence-electron chi connectivity index (χ1n) is 7.35. The first kappa shape index (κ1) is 14.6. The molecule has 1 aromatic rings. The Morgan fingerprint density at radius 2 is 1.90 bits per heavy atom. The second-order valence-electron chi connectivity index (χ2n) is 5.95. The topological polar surface area (TPSA) is 55.0 Å². The van der Waals surface area contributed by atoms with Crippen molar-refractivity contribution in [2.45, 2.75) is 44.3 Å². The van der Waals surface area contributed by atoms with Crippen LogP contribution in [0.5, 0.6) is 0 Å². The molecule has 1 atom stereocenters. The maximum atomic E-state index is 12.8. The molecule has 21 heavy (non-hydrogen) atoms. The summed E-state index contributed by atoms with van der Waals surface area (Å²) in [6.07, 6.45) is -0.249. The Morgan fingerprint density at radius 1 is 1.19 bits per heavy atom. The number of fused-ring (bicyclic) bond motifs is 1. The molecule has 4 nitrogen and oxygen atoms in total. The second kappa shape index (κ2) is 5.44. The zero-order valence-corrected chi connectivity index (χ0v) is 11.7. The third-order valence-corrected chi connectivity index (χ3v) is 4.42. The third kappa shape index (κ3) is 3.12. The molecule has 116 valence electrons. The van der Waals surface area contributed by atoms with E-state index >= 15 is 0 Å². The Hall–Kier alpha value is -1.37. The van der Waals surface area contributed by atoms with Crippen molar-refractivity contribution >= 4 is 5.95 Å². The lowest BCUT2D eigenvalue weighted by Gasteiger charge is -2.31. The van der Waals surface area contributed by atoms with Crippen LogP contribution in [0.4, 0.5) is 19.1 Å². The molecule has 1 unspecified atom stereocenters. The predicted molar refractivity (Wildman–Crippen MR) is 73.0 cm³/mol. The van der Waals surface area contributed by atoms with E-state index in [4.69, 9.17) is 5.73 Å². The van der Waals surface area contributed by atoms with E-state index < -0.39 is 12.1 Å². The van der Waals surface area contributed by atoms with E-state index in [9.17, 15) is 13.2 Å². The van der Waals surface area contributed by atoms with Gasteiger partial charge in [0, 0.05) is 31.0 Å². The van der Waals surface area contributed by atoms with E-state index in [-0.39, 0.29) is 18.9 Å². The van der Waals surface area contributed by atoms with Crippen molar-refractivity contribution in [2.75, 3.05) is 18.0 Å². The molecule has 2 aliphatic rings. The average Bonchev–Trinajstić information content (AvgIpc) is 2.46. The number of nitrogens with zero attached hydrogens (tertiary/aromatic N) is 3. The number of alkyl halides is 3. The minimum atomic E-state index is -4.13. The summed E-state index contributed by atoms with van der Waals surface area (Å²) in [4.78, 5) is 10.8. The van der Waals surface area contributed by atoms with Gasteiger partial charge in [0.2, 0.25) is 5.95 Å². The lowest BCUT2D eigenvalue weighted by atomic mass is 9.87. The van der Waals surface area contributed by atoms with Crippen LogP contribution >= 0.6 is 0 Å². The van der Waals surface area contributed by atoms with Gasteiger partial charge in [0.1, 0.15) is 0 Å². The van der Waals surface area contributed by atoms with Gasteiger partial charge in [-0.05, 0) is 37.7 Å². The molecule has 0 bridgehead atoms. The van der Waals surface area contributed by atoms with Crippen LogP contribution < -0.4 is 10.6 Å². The summed E-state index contributed by atoms with van der Waals surface area (Å²) >= 11 is 0. The smallest absolute Gasteiger partial charge is 0.341 e. The molecule has 1 aliphatic heterocycles. The molecule has 1 aromatic heterocycles. The Bertz CT molecular complexity index is 509. The highest BCUT2D eigenvalue weighted by Gasteiger charge is 2.41. The summed E-state index contributed by atoms with van der Waals surface area (Å²) < 4.78 is 38.3. The number of piperidine rings is 1. The van der Waals surface area contributed by atoms with E-state index in [1.54, 1.807) is 6.20 Å². The van der Waals surface area contributed by atoms with Gasteiger partial charge in [-0.15, -0.1) is 0 Å². The Labute approximate surface area is 121 Å². The fourth-order valence-electron chi connectivity index (χ4n) is 3.03. The van der Waals surface area contributed by atoms with Crippen LogP contribution in [0.2, 0.25) is 0 Å². The van der Waals surface area contributed by atoms with E-state index in [0.717, 1.165) is 31.6 Å². The van der Waals surface area contributed by atoms with Gasteiger partial charge in [-0.1, -0.05) is 0 Å². The van der Waals surface area contributed by atoms with Crippen LogP contribution in [0.25, 0.3) is 0 Å². The molecule has 7 heteroatoms. The summed E-state index contributed by atoms with van der Waals surface area (Å²) in [7, 11) is 0. The number of anilines is 1. The van der Waals surface area contributed by atoms with Gasteiger partial charge in [0.15, 0.2) is 0 Å². The van der Waals surface area contributed by atoms with Gasteiger partial charge in [-0.25, -0.2) is 9.97 Å². The quantitative estimate of drug-likeness (QED) is 0.862. The van der Waals surface area contributed by atoms with Gasteiger partial charge in [0.25, 0.3) is 0 Å². The van der Waals surface area contributed by atoms with Gasteiger partial charge >= 0.3 is 6.18 Å². The number of halogens is 3. The lowest BCUT2D eigenvalue weighted by Crippen LogP contribution is -2.40. The number of hydrogen-bond donors (Lipinski definition) is 1. The summed E-state index contributed by atoms with van der Waals surface area (Å²) in [5.41, 5.74) is 7.28. The van der Waals surface area contributed by atoms with E-state index in [2.05, 4.69) is 14.9 Å². The summed E-state index contributed by atoms with van der Waals surface area (Å²) in [6.45, 7) is 1.62. The molecule has 0 saturated carbocycles. The molecule has 2 heterocycles. The van der Waals surface area contributed by atoms with Crippen molar-refractivity contribution in [3.8, 4) is 0 Å². The first-order chi connectivity index (χ1) is 9.93. The SMILES string of the molecule is NC1CCN(c2ncc3c(n2)CCC(C(F)(F)F)C3)CC1. The summed E-state index contributed by atoms with van der Waals surface area (Å²) in [5, 5.41) is 0. The number of aromatic nitrogens is 2. The van der Waals surface area contributed by atoms with Gasteiger partial charge in [-0.3, -0.25) is 0 Å². The van der Waals surface area contributed by atoms with Crippen molar-refractivity contribution in [1.82, 2.24) is 9.97 Å². The molecule has 1 aliphatic carbocycles. The second-order valence-corrected chi connectivity index (χ2v) is 5.95. The molecule has 0 spiro atoms. The van der Waals surface area contributed by atoms with Crippen LogP contribution in [0.15, 0.2) is 6.20 Å². The molecule has 0 aromatic carbocycles. The lowest BCUT2D eigenvalue weighted by molar-refractivity contribution is -0.177. The number of rotatable bonds is 1. The standard InChI is InChI=1S/C14H19F3N4/c15-14(16,17)10-1-2-12-9(7-10)8-19-13(20-12)21-5-3-11(18)4-6-21/h8,10-11H,1-7,18H2. The molecular formula is C14H19F3N4. The van der Waals surface area contributed by atoms with Crippen molar-refractivity contribution in [3.05, 3.63) is 17.5 Å². The zero-order chi connectivity index (χ0) is 15.0. The van der Waals surface area contributed by atoms with Crippen LogP contribution in [0, 0.1) is 5.92 Å². The minimum absolute atomic E-state index is 0.00396. The molecule has 3 rings (SSSR count). The molecular weight excluding hydrogens is 281 g/mol. The largest absolute Gasteiger partial charge is 0.392 e. The van der Waals surface area contributed by atoms with Crippen molar-refractivity contribution in [2.24, 2.45) is 11.7 Å².